The Morgan fingerprint density at radius 1 is 1.07 bits per heavy atom. The molecule has 0 unspecified atom stereocenters. The van der Waals surface area contributed by atoms with Gasteiger partial charge in [0.25, 0.3) is 0 Å². The highest BCUT2D eigenvalue weighted by atomic mass is 19.1. The zero-order chi connectivity index (χ0) is 30.1. The summed E-state index contributed by atoms with van der Waals surface area (Å²) in [5.41, 5.74) is 3.28. The van der Waals surface area contributed by atoms with Crippen LogP contribution < -0.4 is 10.6 Å². The Kier molecular flexibility index (Phi) is 7.52. The van der Waals surface area contributed by atoms with Gasteiger partial charge in [0.15, 0.2) is 5.82 Å². The number of fused-ring (bicyclic) bond motifs is 2. The Balaban J connectivity index is 1.31. The molecular weight excluding hydrogens is 557 g/mol. The number of amides is 3. The highest BCUT2D eigenvalue weighted by molar-refractivity contribution is 6.00. The van der Waals surface area contributed by atoms with Crippen molar-refractivity contribution >= 4 is 39.5 Å². The number of benzene rings is 2. The van der Waals surface area contributed by atoms with Crippen molar-refractivity contribution in [3.63, 3.8) is 0 Å². The lowest BCUT2D eigenvalue weighted by Gasteiger charge is -2.30. The molecule has 4 heterocycles. The normalized spacial score (nSPS) is 14.0. The summed E-state index contributed by atoms with van der Waals surface area (Å²) in [5, 5.41) is 29.1. The van der Waals surface area contributed by atoms with E-state index < -0.39 is 11.8 Å². The number of rotatable bonds is 8. The van der Waals surface area contributed by atoms with Gasteiger partial charge in [0.1, 0.15) is 12.4 Å². The third-order valence-corrected chi connectivity index (χ3v) is 7.83. The maximum Gasteiger partial charge on any atom is 0.242 e. The fourth-order valence-corrected chi connectivity index (χ4v) is 5.60. The molecule has 15 heteroatoms. The van der Waals surface area contributed by atoms with Gasteiger partial charge in [0.2, 0.25) is 17.7 Å². The summed E-state index contributed by atoms with van der Waals surface area (Å²) in [7, 11) is 1.81. The van der Waals surface area contributed by atoms with E-state index in [-0.39, 0.29) is 37.3 Å². The predicted molar refractivity (Wildman–Crippen MR) is 153 cm³/mol. The summed E-state index contributed by atoms with van der Waals surface area (Å²) < 4.78 is 18.9. The first kappa shape index (κ1) is 27.9. The van der Waals surface area contributed by atoms with Crippen molar-refractivity contribution in [3.05, 3.63) is 53.9 Å². The third kappa shape index (κ3) is 5.65. The van der Waals surface area contributed by atoms with E-state index in [4.69, 9.17) is 5.10 Å². The molecule has 0 atom stereocenters. The molecule has 0 spiro atoms. The fraction of sp³-hybridized carbons (Fsp3) is 0.357. The van der Waals surface area contributed by atoms with Crippen molar-refractivity contribution in [1.29, 1.82) is 0 Å². The molecule has 1 saturated heterocycles. The molecule has 5 aromatic rings. The first-order valence-electron chi connectivity index (χ1n) is 13.9. The Labute approximate surface area is 244 Å². The number of piperidine rings is 1. The first-order chi connectivity index (χ1) is 20.8. The SMILES string of the molecule is CC(=O)N1CCC(c2nn(CC(=O)NCC(=O)NCc3nn[nH]n3)c3cccc(-c4cc5c(cnn5C)cc4F)c23)CC1. The van der Waals surface area contributed by atoms with Gasteiger partial charge in [-0.3, -0.25) is 23.7 Å². The number of nitrogens with one attached hydrogen (secondary N) is 3. The van der Waals surface area contributed by atoms with E-state index in [9.17, 15) is 14.4 Å². The minimum absolute atomic E-state index is 0.00275. The molecule has 0 saturated carbocycles. The van der Waals surface area contributed by atoms with Crippen molar-refractivity contribution in [1.82, 2.24) is 55.7 Å². The van der Waals surface area contributed by atoms with Gasteiger partial charge in [-0.15, -0.1) is 10.2 Å². The first-order valence-corrected chi connectivity index (χ1v) is 13.9. The summed E-state index contributed by atoms with van der Waals surface area (Å²) in [4.78, 5) is 38.9. The largest absolute Gasteiger partial charge is 0.347 e. The Morgan fingerprint density at radius 3 is 2.63 bits per heavy atom. The average Bonchev–Trinajstić information content (AvgIpc) is 3.74. The number of likely N-dealkylation sites (tertiary alicyclic amines) is 1. The number of tetrazole rings is 1. The van der Waals surface area contributed by atoms with Gasteiger partial charge in [-0.1, -0.05) is 17.3 Å². The van der Waals surface area contributed by atoms with E-state index in [0.717, 1.165) is 16.6 Å². The highest BCUT2D eigenvalue weighted by Gasteiger charge is 2.28. The van der Waals surface area contributed by atoms with Gasteiger partial charge in [-0.25, -0.2) is 4.39 Å². The molecular formula is C28H30FN11O3. The number of H-pyrrole nitrogens is 1. The van der Waals surface area contributed by atoms with E-state index in [1.807, 2.05) is 23.1 Å². The number of nitrogens with zero attached hydrogens (tertiary/aromatic N) is 8. The van der Waals surface area contributed by atoms with Crippen LogP contribution in [0, 0.1) is 5.82 Å². The van der Waals surface area contributed by atoms with Gasteiger partial charge >= 0.3 is 0 Å². The molecule has 1 fully saturated rings. The molecule has 3 aromatic heterocycles. The molecule has 6 rings (SSSR count). The van der Waals surface area contributed by atoms with Gasteiger partial charge in [-0.2, -0.15) is 15.4 Å². The molecule has 0 bridgehead atoms. The number of aromatic nitrogens is 8. The van der Waals surface area contributed by atoms with Crippen LogP contribution in [0.25, 0.3) is 32.9 Å². The van der Waals surface area contributed by atoms with E-state index >= 15 is 4.39 Å². The number of hydrogen-bond donors (Lipinski definition) is 3. The summed E-state index contributed by atoms with van der Waals surface area (Å²) in [6.07, 6.45) is 3.01. The van der Waals surface area contributed by atoms with E-state index in [1.54, 1.807) is 35.6 Å². The molecule has 1 aliphatic heterocycles. The lowest BCUT2D eigenvalue weighted by molar-refractivity contribution is -0.129. The van der Waals surface area contributed by atoms with Crippen LogP contribution in [0.15, 0.2) is 36.5 Å². The van der Waals surface area contributed by atoms with E-state index in [1.165, 1.54) is 6.07 Å². The number of carbonyl (C=O) groups excluding carboxylic acids is 3. The number of aryl methyl sites for hydroxylation is 1. The number of hydrogen-bond acceptors (Lipinski definition) is 8. The minimum atomic E-state index is -0.412. The maximum atomic E-state index is 15.6. The quantitative estimate of drug-likeness (QED) is 0.245. The van der Waals surface area contributed by atoms with Gasteiger partial charge in [0.05, 0.1) is 36.0 Å². The minimum Gasteiger partial charge on any atom is -0.347 e. The molecule has 222 valence electrons. The van der Waals surface area contributed by atoms with Crippen LogP contribution in [-0.4, -0.2) is 82.4 Å². The predicted octanol–water partition coefficient (Wildman–Crippen LogP) is 1.40. The smallest absolute Gasteiger partial charge is 0.242 e. The summed E-state index contributed by atoms with van der Waals surface area (Å²) >= 11 is 0. The molecule has 43 heavy (non-hydrogen) atoms. The van der Waals surface area contributed by atoms with Crippen LogP contribution in [0.5, 0.6) is 0 Å². The second-order valence-corrected chi connectivity index (χ2v) is 10.6. The molecule has 2 aromatic carbocycles. The molecule has 14 nitrogen and oxygen atoms in total. The Bertz CT molecular complexity index is 1820. The molecule has 3 N–H and O–H groups in total. The zero-order valence-electron chi connectivity index (χ0n) is 23.7. The average molecular weight is 588 g/mol. The van der Waals surface area contributed by atoms with Crippen molar-refractivity contribution in [3.8, 4) is 11.1 Å². The van der Waals surface area contributed by atoms with Crippen LogP contribution in [-0.2, 0) is 34.5 Å². The number of carbonyl (C=O) groups is 3. The van der Waals surface area contributed by atoms with E-state index in [2.05, 4.69) is 36.4 Å². The van der Waals surface area contributed by atoms with Crippen molar-refractivity contribution in [2.75, 3.05) is 19.6 Å². The van der Waals surface area contributed by atoms with Crippen LogP contribution in [0.2, 0.25) is 0 Å². The lowest BCUT2D eigenvalue weighted by Crippen LogP contribution is -2.38. The maximum absolute atomic E-state index is 15.6. The van der Waals surface area contributed by atoms with Crippen molar-refractivity contribution < 1.29 is 18.8 Å². The lowest BCUT2D eigenvalue weighted by atomic mass is 9.89. The second kappa shape index (κ2) is 11.6. The monoisotopic (exact) mass is 587 g/mol. The molecule has 3 amide bonds. The number of aromatic amines is 1. The summed E-state index contributed by atoms with van der Waals surface area (Å²) in [6, 6.07) is 8.78. The van der Waals surface area contributed by atoms with Crippen LogP contribution in [0.3, 0.4) is 0 Å². The fourth-order valence-electron chi connectivity index (χ4n) is 5.60. The summed E-state index contributed by atoms with van der Waals surface area (Å²) in [6.45, 7) is 2.42. The van der Waals surface area contributed by atoms with Crippen molar-refractivity contribution in [2.45, 2.75) is 38.8 Å². The standard InChI is InChI=1S/C28H30FN11O3/c1-16(41)39-8-6-17(7-9-39)28-27-19(20-11-23-18(10-21(20)29)12-32-38(23)2)4-3-5-22(27)40(35-28)15-26(43)31-14-25(42)30-13-24-33-36-37-34-24/h3-5,10-12,17H,6-9,13-15H2,1-2H3,(H,30,42)(H,31,43)(H,33,34,36,37). The van der Waals surface area contributed by atoms with Crippen LogP contribution in [0.4, 0.5) is 4.39 Å². The molecule has 0 aliphatic carbocycles. The van der Waals surface area contributed by atoms with Crippen molar-refractivity contribution in [2.24, 2.45) is 7.05 Å². The van der Waals surface area contributed by atoms with Crippen LogP contribution >= 0.6 is 0 Å². The molecule has 1 aliphatic rings. The van der Waals surface area contributed by atoms with E-state index in [0.29, 0.717) is 53.8 Å². The number of halogens is 1. The van der Waals surface area contributed by atoms with Gasteiger partial charge < -0.3 is 15.5 Å². The van der Waals surface area contributed by atoms with Crippen LogP contribution in [0.1, 0.15) is 37.2 Å². The highest BCUT2D eigenvalue weighted by Crippen LogP contribution is 2.39. The molecule has 0 radical (unpaired) electrons. The second-order valence-electron chi connectivity index (χ2n) is 10.6. The van der Waals surface area contributed by atoms with Gasteiger partial charge in [0, 0.05) is 49.3 Å². The zero-order valence-corrected chi connectivity index (χ0v) is 23.7. The summed E-state index contributed by atoms with van der Waals surface area (Å²) in [5.74, 6) is -0.862. The topological polar surface area (TPSA) is 169 Å². The van der Waals surface area contributed by atoms with Gasteiger partial charge in [-0.05, 0) is 36.6 Å². The Morgan fingerprint density at radius 2 is 1.88 bits per heavy atom. The Hall–Kier alpha value is -5.21. The third-order valence-electron chi connectivity index (χ3n) is 7.83.